The molecule has 1 aromatic carbocycles. The Labute approximate surface area is 143 Å². The maximum absolute atomic E-state index is 12.5. The van der Waals surface area contributed by atoms with Crippen LogP contribution >= 0.6 is 34.5 Å². The number of nitrogens with zero attached hydrogens (tertiary/aromatic N) is 1. The van der Waals surface area contributed by atoms with Crippen LogP contribution < -0.4 is 5.32 Å². The summed E-state index contributed by atoms with van der Waals surface area (Å²) in [5.41, 5.74) is 1.89. The van der Waals surface area contributed by atoms with Crippen LogP contribution in [0.1, 0.15) is 17.4 Å². The van der Waals surface area contributed by atoms with Gasteiger partial charge in [0.25, 0.3) is 0 Å². The van der Waals surface area contributed by atoms with Crippen molar-refractivity contribution in [1.29, 1.82) is 0 Å². The highest BCUT2D eigenvalue weighted by Crippen LogP contribution is 2.30. The SMILES string of the molecule is CC(C(=O)Nc1cccc(Cl)c1Cl)N1CCc2sccc2C1. The van der Waals surface area contributed by atoms with Gasteiger partial charge in [-0.2, -0.15) is 0 Å². The van der Waals surface area contributed by atoms with E-state index in [0.29, 0.717) is 15.7 Å². The Bertz CT molecular complexity index is 701. The second kappa shape index (κ2) is 6.59. The van der Waals surface area contributed by atoms with Gasteiger partial charge in [0.2, 0.25) is 5.91 Å². The van der Waals surface area contributed by atoms with E-state index >= 15 is 0 Å². The Morgan fingerprint density at radius 2 is 2.18 bits per heavy atom. The zero-order valence-corrected chi connectivity index (χ0v) is 14.4. The highest BCUT2D eigenvalue weighted by molar-refractivity contribution is 7.10. The Morgan fingerprint density at radius 3 is 3.00 bits per heavy atom. The van der Waals surface area contributed by atoms with Crippen LogP contribution in [0.5, 0.6) is 0 Å². The summed E-state index contributed by atoms with van der Waals surface area (Å²) in [7, 11) is 0. The van der Waals surface area contributed by atoms with E-state index in [1.54, 1.807) is 29.5 Å². The molecule has 1 atom stereocenters. The van der Waals surface area contributed by atoms with Gasteiger partial charge in [-0.15, -0.1) is 11.3 Å². The number of nitrogens with one attached hydrogen (secondary N) is 1. The number of fused-ring (bicyclic) bond motifs is 1. The molecule has 22 heavy (non-hydrogen) atoms. The summed E-state index contributed by atoms with van der Waals surface area (Å²) in [6.07, 6.45) is 1.00. The van der Waals surface area contributed by atoms with Crippen molar-refractivity contribution in [3.8, 4) is 0 Å². The van der Waals surface area contributed by atoms with Crippen molar-refractivity contribution in [3.05, 3.63) is 50.1 Å². The molecule has 3 nitrogen and oxygen atoms in total. The minimum absolute atomic E-state index is 0.0668. The zero-order chi connectivity index (χ0) is 15.7. The summed E-state index contributed by atoms with van der Waals surface area (Å²) in [6, 6.07) is 7.15. The number of benzene rings is 1. The second-order valence-electron chi connectivity index (χ2n) is 5.36. The molecule has 0 aliphatic carbocycles. The molecule has 3 rings (SSSR count). The molecular weight excluding hydrogens is 339 g/mol. The lowest BCUT2D eigenvalue weighted by Crippen LogP contribution is -2.44. The molecule has 0 radical (unpaired) electrons. The topological polar surface area (TPSA) is 32.3 Å². The first-order chi connectivity index (χ1) is 10.6. The van der Waals surface area contributed by atoms with E-state index in [2.05, 4.69) is 21.7 Å². The third-order valence-corrected chi connectivity index (χ3v) is 5.82. The van der Waals surface area contributed by atoms with Gasteiger partial charge in [0.1, 0.15) is 0 Å². The van der Waals surface area contributed by atoms with Crippen LogP contribution in [0.25, 0.3) is 0 Å². The van der Waals surface area contributed by atoms with Crippen molar-refractivity contribution in [1.82, 2.24) is 4.90 Å². The van der Waals surface area contributed by atoms with Gasteiger partial charge in [0, 0.05) is 18.0 Å². The first-order valence-electron chi connectivity index (χ1n) is 7.10. The number of thiophene rings is 1. The van der Waals surface area contributed by atoms with Crippen molar-refractivity contribution < 1.29 is 4.79 Å². The Kier molecular flexibility index (Phi) is 4.73. The second-order valence-corrected chi connectivity index (χ2v) is 7.14. The number of rotatable bonds is 3. The van der Waals surface area contributed by atoms with E-state index in [1.165, 1.54) is 10.4 Å². The van der Waals surface area contributed by atoms with Gasteiger partial charge in [-0.25, -0.2) is 0 Å². The number of hydrogen-bond acceptors (Lipinski definition) is 3. The van der Waals surface area contributed by atoms with E-state index in [-0.39, 0.29) is 11.9 Å². The van der Waals surface area contributed by atoms with E-state index < -0.39 is 0 Å². The highest BCUT2D eigenvalue weighted by Gasteiger charge is 2.26. The lowest BCUT2D eigenvalue weighted by molar-refractivity contribution is -0.121. The van der Waals surface area contributed by atoms with Gasteiger partial charge in [-0.1, -0.05) is 29.3 Å². The van der Waals surface area contributed by atoms with E-state index in [4.69, 9.17) is 23.2 Å². The molecule has 2 heterocycles. The van der Waals surface area contributed by atoms with Crippen molar-refractivity contribution in [2.24, 2.45) is 0 Å². The first kappa shape index (κ1) is 15.8. The van der Waals surface area contributed by atoms with Crippen molar-refractivity contribution in [2.75, 3.05) is 11.9 Å². The van der Waals surface area contributed by atoms with Gasteiger partial charge in [0.15, 0.2) is 0 Å². The highest BCUT2D eigenvalue weighted by atomic mass is 35.5. The Balaban J connectivity index is 1.69. The molecule has 1 aliphatic heterocycles. The third-order valence-electron chi connectivity index (χ3n) is 3.97. The third kappa shape index (κ3) is 3.15. The summed E-state index contributed by atoms with van der Waals surface area (Å²) >= 11 is 13.9. The fraction of sp³-hybridized carbons (Fsp3) is 0.312. The monoisotopic (exact) mass is 354 g/mol. The molecule has 1 aromatic heterocycles. The molecule has 2 aromatic rings. The summed E-state index contributed by atoms with van der Waals surface area (Å²) in [5, 5.41) is 5.80. The average Bonchev–Trinajstić information content (AvgIpc) is 2.98. The van der Waals surface area contributed by atoms with Gasteiger partial charge < -0.3 is 5.32 Å². The molecule has 0 spiro atoms. The number of carbonyl (C=O) groups excluding carboxylic acids is 1. The molecule has 1 aliphatic rings. The molecule has 0 saturated carbocycles. The van der Waals surface area contributed by atoms with Crippen LogP contribution in [-0.2, 0) is 17.8 Å². The number of amides is 1. The standard InChI is InChI=1S/C16H16Cl2N2OS/c1-10(20-7-5-14-11(9-20)6-8-22-14)16(21)19-13-4-2-3-12(17)15(13)18/h2-4,6,8,10H,5,7,9H2,1H3,(H,19,21). The lowest BCUT2D eigenvalue weighted by atomic mass is 10.1. The van der Waals surface area contributed by atoms with Gasteiger partial charge in [0.05, 0.1) is 21.8 Å². The fourth-order valence-electron chi connectivity index (χ4n) is 2.60. The molecule has 6 heteroatoms. The number of carbonyl (C=O) groups is 1. The maximum atomic E-state index is 12.5. The fourth-order valence-corrected chi connectivity index (χ4v) is 3.84. The molecule has 116 valence electrons. The van der Waals surface area contributed by atoms with Gasteiger partial charge >= 0.3 is 0 Å². The van der Waals surface area contributed by atoms with Crippen LogP contribution in [0, 0.1) is 0 Å². The summed E-state index contributed by atoms with van der Waals surface area (Å²) in [5.74, 6) is -0.0668. The Morgan fingerprint density at radius 1 is 1.36 bits per heavy atom. The maximum Gasteiger partial charge on any atom is 0.241 e. The Hall–Kier alpha value is -1.07. The number of anilines is 1. The van der Waals surface area contributed by atoms with E-state index in [0.717, 1.165) is 19.5 Å². The van der Waals surface area contributed by atoms with E-state index in [1.807, 2.05) is 6.92 Å². The molecule has 1 unspecified atom stereocenters. The van der Waals surface area contributed by atoms with Crippen molar-refractivity contribution in [2.45, 2.75) is 25.9 Å². The van der Waals surface area contributed by atoms with Crippen LogP contribution in [0.2, 0.25) is 10.0 Å². The molecule has 1 amide bonds. The zero-order valence-electron chi connectivity index (χ0n) is 12.1. The van der Waals surface area contributed by atoms with Crippen molar-refractivity contribution in [3.63, 3.8) is 0 Å². The minimum atomic E-state index is -0.219. The van der Waals surface area contributed by atoms with Crippen LogP contribution in [0.15, 0.2) is 29.6 Å². The molecule has 0 saturated heterocycles. The van der Waals surface area contributed by atoms with Gasteiger partial charge in [-0.05, 0) is 42.5 Å². The van der Waals surface area contributed by atoms with E-state index in [9.17, 15) is 4.79 Å². The van der Waals surface area contributed by atoms with Crippen LogP contribution in [0.3, 0.4) is 0 Å². The largest absolute Gasteiger partial charge is 0.323 e. The van der Waals surface area contributed by atoms with Crippen LogP contribution in [-0.4, -0.2) is 23.4 Å². The molecule has 0 bridgehead atoms. The lowest BCUT2D eigenvalue weighted by Gasteiger charge is -2.31. The summed E-state index contributed by atoms with van der Waals surface area (Å²) in [4.78, 5) is 16.1. The summed E-state index contributed by atoms with van der Waals surface area (Å²) < 4.78 is 0. The van der Waals surface area contributed by atoms with Gasteiger partial charge in [-0.3, -0.25) is 9.69 Å². The smallest absolute Gasteiger partial charge is 0.241 e. The normalized spacial score (nSPS) is 16.1. The quantitative estimate of drug-likeness (QED) is 0.883. The van der Waals surface area contributed by atoms with Crippen molar-refractivity contribution >= 4 is 46.1 Å². The molecule has 1 N–H and O–H groups in total. The molecule has 0 fully saturated rings. The predicted molar refractivity (Wildman–Crippen MR) is 93.0 cm³/mol. The van der Waals surface area contributed by atoms with Crippen LogP contribution in [0.4, 0.5) is 5.69 Å². The first-order valence-corrected chi connectivity index (χ1v) is 8.74. The number of halogens is 2. The molecular formula is C16H16Cl2N2OS. The summed E-state index contributed by atoms with van der Waals surface area (Å²) in [6.45, 7) is 3.63. The minimum Gasteiger partial charge on any atom is -0.323 e. The number of hydrogen-bond donors (Lipinski definition) is 1. The predicted octanol–water partition coefficient (Wildman–Crippen LogP) is 4.44. The average molecular weight is 355 g/mol.